The van der Waals surface area contributed by atoms with Gasteiger partial charge in [0.05, 0.1) is 10.6 Å². The Morgan fingerprint density at radius 1 is 0.963 bits per heavy atom. The zero-order valence-electron chi connectivity index (χ0n) is 14.3. The maximum atomic E-state index is 12.8. The summed E-state index contributed by atoms with van der Waals surface area (Å²) in [4.78, 5) is 5.60. The number of fused-ring (bicyclic) bond motifs is 1. The van der Waals surface area contributed by atoms with Gasteiger partial charge in [-0.05, 0) is 42.0 Å². The first-order chi connectivity index (χ1) is 12.9. The number of thiazole rings is 1. The average Bonchev–Trinajstić information content (AvgIpc) is 3.01. The first kappa shape index (κ1) is 18.0. The highest BCUT2D eigenvalue weighted by Gasteiger charge is 2.18. The number of nitrogens with one attached hydrogen (secondary N) is 1. The molecule has 0 saturated heterocycles. The molecular weight excluding hydrogens is 400 g/mol. The van der Waals surface area contributed by atoms with Crippen molar-refractivity contribution in [2.75, 3.05) is 4.72 Å². The van der Waals surface area contributed by atoms with E-state index >= 15 is 0 Å². The summed E-state index contributed by atoms with van der Waals surface area (Å²) in [5, 5.41) is 2.85. The fourth-order valence-corrected chi connectivity index (χ4v) is 5.06. The molecule has 0 bridgehead atoms. The van der Waals surface area contributed by atoms with E-state index in [1.165, 1.54) is 11.3 Å². The molecule has 0 unspecified atom stereocenters. The Kier molecular flexibility index (Phi) is 4.63. The maximum absolute atomic E-state index is 12.8. The van der Waals surface area contributed by atoms with E-state index in [0.29, 0.717) is 10.2 Å². The fraction of sp³-hybridized carbons (Fsp3) is 0.0500. The highest BCUT2D eigenvalue weighted by atomic mass is 35.5. The number of rotatable bonds is 4. The van der Waals surface area contributed by atoms with Crippen LogP contribution in [-0.4, -0.2) is 13.4 Å². The minimum atomic E-state index is -3.72. The molecule has 1 heterocycles. The molecular formula is C20H15ClN2O2S2. The third-order valence-electron chi connectivity index (χ3n) is 4.17. The molecule has 0 aliphatic rings. The maximum Gasteiger partial charge on any atom is 0.263 e. The Bertz CT molecular complexity index is 1230. The molecule has 0 spiro atoms. The molecule has 3 aromatic carbocycles. The largest absolute Gasteiger partial charge is 0.263 e. The van der Waals surface area contributed by atoms with Gasteiger partial charge in [0, 0.05) is 15.5 Å². The van der Waals surface area contributed by atoms with Crippen molar-refractivity contribution >= 4 is 48.9 Å². The smallest absolute Gasteiger partial charge is 0.255 e. The average molecular weight is 415 g/mol. The molecule has 4 rings (SSSR count). The van der Waals surface area contributed by atoms with Crippen LogP contribution < -0.4 is 4.72 Å². The molecule has 0 atom stereocenters. The minimum absolute atomic E-state index is 0.210. The van der Waals surface area contributed by atoms with Crippen LogP contribution >= 0.6 is 22.9 Å². The van der Waals surface area contributed by atoms with Crippen LogP contribution in [0.4, 0.5) is 5.13 Å². The van der Waals surface area contributed by atoms with Crippen molar-refractivity contribution < 1.29 is 8.42 Å². The lowest BCUT2D eigenvalue weighted by atomic mass is 10.1. The second-order valence-electron chi connectivity index (χ2n) is 6.05. The number of hydrogen-bond donors (Lipinski definition) is 1. The van der Waals surface area contributed by atoms with Crippen molar-refractivity contribution in [1.29, 1.82) is 0 Å². The molecule has 27 heavy (non-hydrogen) atoms. The van der Waals surface area contributed by atoms with Crippen molar-refractivity contribution in [1.82, 2.24) is 4.98 Å². The van der Waals surface area contributed by atoms with Gasteiger partial charge in [-0.1, -0.05) is 54.1 Å². The number of halogens is 1. The summed E-state index contributed by atoms with van der Waals surface area (Å²) >= 11 is 7.24. The normalized spacial score (nSPS) is 11.6. The van der Waals surface area contributed by atoms with Crippen LogP contribution in [0.15, 0.2) is 71.6 Å². The quantitative estimate of drug-likeness (QED) is 0.464. The zero-order valence-corrected chi connectivity index (χ0v) is 16.7. The second kappa shape index (κ2) is 6.96. The van der Waals surface area contributed by atoms with Gasteiger partial charge in [0.2, 0.25) is 0 Å². The summed E-state index contributed by atoms with van der Waals surface area (Å²) in [5.41, 5.74) is 1.64. The van der Waals surface area contributed by atoms with Crippen molar-refractivity contribution in [3.8, 4) is 11.3 Å². The summed E-state index contributed by atoms with van der Waals surface area (Å²) in [5.74, 6) is 0. The Labute approximate surface area is 166 Å². The molecule has 0 aliphatic heterocycles. The summed E-state index contributed by atoms with van der Waals surface area (Å²) in [7, 11) is -3.72. The minimum Gasteiger partial charge on any atom is -0.255 e. The molecule has 1 N–H and O–H groups in total. The fourth-order valence-electron chi connectivity index (χ4n) is 2.82. The van der Waals surface area contributed by atoms with Gasteiger partial charge < -0.3 is 0 Å². The van der Waals surface area contributed by atoms with Gasteiger partial charge in [0.15, 0.2) is 5.13 Å². The summed E-state index contributed by atoms with van der Waals surface area (Å²) in [6.07, 6.45) is 0. The Balaban J connectivity index is 1.66. The number of anilines is 1. The molecule has 0 saturated carbocycles. The third-order valence-corrected chi connectivity index (χ3v) is 6.77. The van der Waals surface area contributed by atoms with Gasteiger partial charge in [-0.15, -0.1) is 11.3 Å². The predicted octanol–water partition coefficient (Wildman–Crippen LogP) is 5.73. The number of aryl methyl sites for hydroxylation is 1. The van der Waals surface area contributed by atoms with Crippen molar-refractivity contribution in [2.45, 2.75) is 11.8 Å². The molecule has 0 amide bonds. The van der Waals surface area contributed by atoms with Crippen LogP contribution in [0.2, 0.25) is 5.02 Å². The lowest BCUT2D eigenvalue weighted by Gasteiger charge is -2.06. The van der Waals surface area contributed by atoms with E-state index in [2.05, 4.69) is 9.71 Å². The number of hydrogen-bond acceptors (Lipinski definition) is 4. The van der Waals surface area contributed by atoms with Gasteiger partial charge in [-0.2, -0.15) is 0 Å². The van der Waals surface area contributed by atoms with E-state index < -0.39 is 10.0 Å². The molecule has 0 aliphatic carbocycles. The summed E-state index contributed by atoms with van der Waals surface area (Å²) in [6, 6.07) is 20.0. The first-order valence-electron chi connectivity index (χ1n) is 8.17. The molecule has 7 heteroatoms. The Morgan fingerprint density at radius 2 is 1.67 bits per heavy atom. The molecule has 4 nitrogen and oxygen atoms in total. The molecule has 1 aromatic heterocycles. The van der Waals surface area contributed by atoms with Crippen LogP contribution in [0.3, 0.4) is 0 Å². The predicted molar refractivity (Wildman–Crippen MR) is 112 cm³/mol. The third kappa shape index (κ3) is 3.69. The van der Waals surface area contributed by atoms with E-state index in [1.54, 1.807) is 30.3 Å². The molecule has 0 fully saturated rings. The Hall–Kier alpha value is -2.41. The van der Waals surface area contributed by atoms with Gasteiger partial charge in [-0.25, -0.2) is 13.4 Å². The topological polar surface area (TPSA) is 59.1 Å². The van der Waals surface area contributed by atoms with Crippen LogP contribution in [0.5, 0.6) is 0 Å². The molecule has 4 aromatic rings. The van der Waals surface area contributed by atoms with Crippen molar-refractivity contribution in [2.24, 2.45) is 0 Å². The standard InChI is InChI=1S/C20H15ClN2O2S2/c1-13-19(15-6-9-17(21)10-7-15)22-20(26-13)23-27(24,25)18-11-8-14-4-2-3-5-16(14)12-18/h2-12H,1H3,(H,22,23). The van der Waals surface area contributed by atoms with Crippen LogP contribution in [0, 0.1) is 6.92 Å². The van der Waals surface area contributed by atoms with E-state index in [0.717, 1.165) is 26.9 Å². The summed E-state index contributed by atoms with van der Waals surface area (Å²) < 4.78 is 28.2. The van der Waals surface area contributed by atoms with E-state index in [4.69, 9.17) is 11.6 Å². The van der Waals surface area contributed by atoms with Gasteiger partial charge in [0.25, 0.3) is 10.0 Å². The summed E-state index contributed by atoms with van der Waals surface area (Å²) in [6.45, 7) is 1.91. The number of aromatic nitrogens is 1. The number of sulfonamides is 1. The van der Waals surface area contributed by atoms with Crippen LogP contribution in [0.1, 0.15) is 4.88 Å². The van der Waals surface area contributed by atoms with Crippen molar-refractivity contribution in [3.63, 3.8) is 0 Å². The van der Waals surface area contributed by atoms with Crippen molar-refractivity contribution in [3.05, 3.63) is 76.6 Å². The highest BCUT2D eigenvalue weighted by Crippen LogP contribution is 2.32. The monoisotopic (exact) mass is 414 g/mol. The van der Waals surface area contributed by atoms with Crippen LogP contribution in [-0.2, 0) is 10.0 Å². The highest BCUT2D eigenvalue weighted by molar-refractivity contribution is 7.93. The van der Waals surface area contributed by atoms with Crippen LogP contribution in [0.25, 0.3) is 22.0 Å². The zero-order chi connectivity index (χ0) is 19.0. The number of benzene rings is 3. The molecule has 136 valence electrons. The van der Waals surface area contributed by atoms with E-state index in [1.807, 2.05) is 43.3 Å². The SMILES string of the molecule is Cc1sc(NS(=O)(=O)c2ccc3ccccc3c2)nc1-c1ccc(Cl)cc1. The van der Waals surface area contributed by atoms with Gasteiger partial charge in [-0.3, -0.25) is 4.72 Å². The lowest BCUT2D eigenvalue weighted by Crippen LogP contribution is -2.12. The Morgan fingerprint density at radius 3 is 2.41 bits per heavy atom. The second-order valence-corrected chi connectivity index (χ2v) is 9.37. The van der Waals surface area contributed by atoms with E-state index in [9.17, 15) is 8.42 Å². The first-order valence-corrected chi connectivity index (χ1v) is 10.9. The molecule has 0 radical (unpaired) electrons. The van der Waals surface area contributed by atoms with Gasteiger partial charge >= 0.3 is 0 Å². The number of nitrogens with zero attached hydrogens (tertiary/aromatic N) is 1. The van der Waals surface area contributed by atoms with Gasteiger partial charge in [0.1, 0.15) is 0 Å². The lowest BCUT2D eigenvalue weighted by molar-refractivity contribution is 0.601. The van der Waals surface area contributed by atoms with E-state index in [-0.39, 0.29) is 4.90 Å².